The third kappa shape index (κ3) is 8.77. The highest BCUT2D eigenvalue weighted by Crippen LogP contribution is 2.00. The second kappa shape index (κ2) is 8.29. The summed E-state index contributed by atoms with van der Waals surface area (Å²) in [6.07, 6.45) is 5.29. The van der Waals surface area contributed by atoms with Crippen molar-refractivity contribution in [2.45, 2.75) is 32.6 Å². The van der Waals surface area contributed by atoms with Gasteiger partial charge in [0.15, 0.2) is 0 Å². The van der Waals surface area contributed by atoms with E-state index in [0.717, 1.165) is 12.8 Å². The molecule has 0 heterocycles. The Morgan fingerprint density at radius 2 is 2.00 bits per heavy atom. The van der Waals surface area contributed by atoms with E-state index in [2.05, 4.69) is 0 Å². The zero-order valence-corrected chi connectivity index (χ0v) is 8.36. The number of unbranched alkanes of at least 4 members (excludes halogenated alkanes) is 2. The predicted molar refractivity (Wildman–Crippen MR) is 51.9 cm³/mol. The highest BCUT2D eigenvalue weighted by Gasteiger charge is 1.98. The van der Waals surface area contributed by atoms with E-state index in [9.17, 15) is 9.59 Å². The molecule has 0 spiro atoms. The van der Waals surface area contributed by atoms with Gasteiger partial charge >= 0.3 is 11.9 Å². The summed E-state index contributed by atoms with van der Waals surface area (Å²) >= 11 is 0. The molecule has 0 aliphatic rings. The van der Waals surface area contributed by atoms with Gasteiger partial charge in [0.1, 0.15) is 0 Å². The molecule has 0 radical (unpaired) electrons. The largest absolute Gasteiger partial charge is 0.481 e. The summed E-state index contributed by atoms with van der Waals surface area (Å²) in [6.45, 7) is 2.11. The summed E-state index contributed by atoms with van der Waals surface area (Å²) in [4.78, 5) is 20.9. The van der Waals surface area contributed by atoms with Crippen LogP contribution in [0.5, 0.6) is 0 Å². The van der Waals surface area contributed by atoms with Crippen molar-refractivity contribution in [1.29, 1.82) is 0 Å². The molecule has 0 aliphatic carbocycles. The highest BCUT2D eigenvalue weighted by atomic mass is 16.5. The number of carbonyl (C=O) groups excluding carboxylic acids is 1. The van der Waals surface area contributed by atoms with Gasteiger partial charge in [-0.3, -0.25) is 4.79 Å². The molecule has 0 aromatic carbocycles. The van der Waals surface area contributed by atoms with E-state index in [1.807, 2.05) is 0 Å². The molecule has 80 valence electrons. The summed E-state index contributed by atoms with van der Waals surface area (Å²) in [7, 11) is 0. The zero-order chi connectivity index (χ0) is 10.8. The Balaban J connectivity index is 3.21. The summed E-state index contributed by atoms with van der Waals surface area (Å²) in [5, 5.41) is 8.33. The average Bonchev–Trinajstić information content (AvgIpc) is 2.11. The van der Waals surface area contributed by atoms with E-state index in [0.29, 0.717) is 13.0 Å². The molecule has 4 heteroatoms. The van der Waals surface area contributed by atoms with Gasteiger partial charge in [-0.1, -0.05) is 6.08 Å². The van der Waals surface area contributed by atoms with Crippen molar-refractivity contribution in [3.8, 4) is 0 Å². The van der Waals surface area contributed by atoms with E-state index < -0.39 is 5.97 Å². The first-order valence-corrected chi connectivity index (χ1v) is 4.68. The molecule has 0 saturated heterocycles. The number of rotatable bonds is 7. The Labute approximate surface area is 83.6 Å². The van der Waals surface area contributed by atoms with Crippen LogP contribution in [0.1, 0.15) is 32.6 Å². The van der Waals surface area contributed by atoms with Crippen LogP contribution in [0.15, 0.2) is 12.2 Å². The van der Waals surface area contributed by atoms with Crippen molar-refractivity contribution >= 4 is 11.9 Å². The lowest BCUT2D eigenvalue weighted by atomic mass is 10.2. The average molecular weight is 200 g/mol. The second-order valence-electron chi connectivity index (χ2n) is 2.87. The molecule has 0 aromatic rings. The van der Waals surface area contributed by atoms with Gasteiger partial charge < -0.3 is 9.84 Å². The maximum absolute atomic E-state index is 10.8. The van der Waals surface area contributed by atoms with Crippen LogP contribution in [0.2, 0.25) is 0 Å². The number of hydrogen-bond donors (Lipinski definition) is 1. The molecule has 0 aromatic heterocycles. The lowest BCUT2D eigenvalue weighted by Crippen LogP contribution is -2.02. The van der Waals surface area contributed by atoms with Crippen molar-refractivity contribution in [2.75, 3.05) is 6.61 Å². The van der Waals surface area contributed by atoms with Gasteiger partial charge in [-0.15, -0.1) is 0 Å². The van der Waals surface area contributed by atoms with Gasteiger partial charge in [0, 0.05) is 12.5 Å². The molecule has 0 atom stereocenters. The van der Waals surface area contributed by atoms with Crippen LogP contribution in [0.4, 0.5) is 0 Å². The van der Waals surface area contributed by atoms with Crippen LogP contribution >= 0.6 is 0 Å². The quantitative estimate of drug-likeness (QED) is 0.386. The Kier molecular flexibility index (Phi) is 7.50. The fourth-order valence-corrected chi connectivity index (χ4v) is 0.912. The molecule has 0 rings (SSSR count). The van der Waals surface area contributed by atoms with Gasteiger partial charge in [0.05, 0.1) is 6.61 Å². The Morgan fingerprint density at radius 1 is 1.29 bits per heavy atom. The number of carboxylic acid groups (broad SMARTS) is 1. The monoisotopic (exact) mass is 200 g/mol. The van der Waals surface area contributed by atoms with Crippen LogP contribution in [0.3, 0.4) is 0 Å². The van der Waals surface area contributed by atoms with Gasteiger partial charge in [-0.2, -0.15) is 0 Å². The topological polar surface area (TPSA) is 63.6 Å². The first kappa shape index (κ1) is 12.7. The smallest absolute Gasteiger partial charge is 0.330 e. The summed E-state index contributed by atoms with van der Waals surface area (Å²) < 4.78 is 4.82. The molecule has 4 nitrogen and oxygen atoms in total. The van der Waals surface area contributed by atoms with Crippen LogP contribution in [0, 0.1) is 0 Å². The molecular weight excluding hydrogens is 184 g/mol. The fourth-order valence-electron chi connectivity index (χ4n) is 0.912. The molecular formula is C10H16O4. The third-order valence-corrected chi connectivity index (χ3v) is 1.58. The number of esters is 1. The van der Waals surface area contributed by atoms with Gasteiger partial charge in [-0.25, -0.2) is 4.79 Å². The summed E-state index contributed by atoms with van der Waals surface area (Å²) in [5.41, 5.74) is 0. The van der Waals surface area contributed by atoms with Crippen molar-refractivity contribution in [3.05, 3.63) is 12.2 Å². The Bertz CT molecular complexity index is 208. The minimum absolute atomic E-state index is 0.183. The minimum Gasteiger partial charge on any atom is -0.481 e. The number of allylic oxidation sites excluding steroid dienone is 1. The minimum atomic E-state index is -0.782. The lowest BCUT2D eigenvalue weighted by molar-refractivity contribution is -0.139. The number of carbonyl (C=O) groups is 2. The first-order chi connectivity index (χ1) is 6.66. The van der Waals surface area contributed by atoms with Crippen molar-refractivity contribution in [3.63, 3.8) is 0 Å². The van der Waals surface area contributed by atoms with Crippen LogP contribution < -0.4 is 0 Å². The number of aliphatic carboxylic acids is 1. The van der Waals surface area contributed by atoms with Crippen molar-refractivity contribution < 1.29 is 19.4 Å². The number of hydrogen-bond acceptors (Lipinski definition) is 3. The number of carboxylic acids is 1. The third-order valence-electron chi connectivity index (χ3n) is 1.58. The van der Waals surface area contributed by atoms with E-state index in [4.69, 9.17) is 9.84 Å². The van der Waals surface area contributed by atoms with E-state index >= 15 is 0 Å². The van der Waals surface area contributed by atoms with E-state index in [1.54, 1.807) is 13.0 Å². The maximum atomic E-state index is 10.8. The van der Waals surface area contributed by atoms with Crippen molar-refractivity contribution in [2.24, 2.45) is 0 Å². The normalized spacial score (nSPS) is 10.4. The van der Waals surface area contributed by atoms with E-state index in [1.165, 1.54) is 6.08 Å². The molecule has 0 aliphatic heterocycles. The Hall–Kier alpha value is -1.32. The van der Waals surface area contributed by atoms with Crippen LogP contribution in [-0.4, -0.2) is 23.7 Å². The maximum Gasteiger partial charge on any atom is 0.330 e. The van der Waals surface area contributed by atoms with Crippen LogP contribution in [0.25, 0.3) is 0 Å². The van der Waals surface area contributed by atoms with E-state index in [-0.39, 0.29) is 12.4 Å². The molecule has 14 heavy (non-hydrogen) atoms. The molecule has 0 fully saturated rings. The fraction of sp³-hybridized carbons (Fsp3) is 0.600. The van der Waals surface area contributed by atoms with Crippen molar-refractivity contribution in [1.82, 2.24) is 0 Å². The first-order valence-electron chi connectivity index (χ1n) is 4.68. The molecule has 1 N–H and O–H groups in total. The summed E-state index contributed by atoms with van der Waals surface area (Å²) in [6, 6.07) is 0. The molecule has 0 saturated carbocycles. The highest BCUT2D eigenvalue weighted by molar-refractivity contribution is 5.81. The molecule has 0 amide bonds. The standard InChI is InChI=1S/C10H16O4/c1-2-6-10(13)14-8-5-3-4-7-9(11)12/h2,6H,3-5,7-8H2,1H3,(H,11,12). The predicted octanol–water partition coefficient (Wildman–Crippen LogP) is 1.75. The summed E-state index contributed by atoms with van der Waals surface area (Å²) in [5.74, 6) is -1.12. The van der Waals surface area contributed by atoms with Gasteiger partial charge in [-0.05, 0) is 26.2 Å². The molecule has 0 unspecified atom stereocenters. The second-order valence-corrected chi connectivity index (χ2v) is 2.87. The van der Waals surface area contributed by atoms with Gasteiger partial charge in [0.2, 0.25) is 0 Å². The SMILES string of the molecule is CC=CC(=O)OCCCCCC(=O)O. The number of ether oxygens (including phenoxy) is 1. The molecule has 0 bridgehead atoms. The zero-order valence-electron chi connectivity index (χ0n) is 8.36. The lowest BCUT2D eigenvalue weighted by Gasteiger charge is -2.00. The van der Waals surface area contributed by atoms with Gasteiger partial charge in [0.25, 0.3) is 0 Å². The Morgan fingerprint density at radius 3 is 2.57 bits per heavy atom. The van der Waals surface area contributed by atoms with Crippen LogP contribution in [-0.2, 0) is 14.3 Å².